The molecule has 0 aliphatic heterocycles. The molecule has 0 saturated heterocycles. The Bertz CT molecular complexity index is 677. The Labute approximate surface area is 150 Å². The van der Waals surface area contributed by atoms with Crippen molar-refractivity contribution in [3.8, 4) is 16.9 Å². The van der Waals surface area contributed by atoms with Crippen LogP contribution in [-0.4, -0.2) is 16.2 Å². The summed E-state index contributed by atoms with van der Waals surface area (Å²) in [5.74, 6) is -1.17. The lowest BCUT2D eigenvalue weighted by atomic mass is 9.95. The quantitative estimate of drug-likeness (QED) is 0.518. The third-order valence-electron chi connectivity index (χ3n) is 4.58. The topological polar surface area (TPSA) is 57.5 Å². The number of carboxylic acids is 1. The van der Waals surface area contributed by atoms with Crippen molar-refractivity contribution in [3.05, 3.63) is 53.6 Å². The zero-order chi connectivity index (χ0) is 18.1. The van der Waals surface area contributed by atoms with Crippen molar-refractivity contribution in [1.29, 1.82) is 0 Å². The maximum atomic E-state index is 11.5. The maximum Gasteiger partial charge on any atom is 0.339 e. The van der Waals surface area contributed by atoms with Crippen LogP contribution >= 0.6 is 0 Å². The molecule has 0 aliphatic rings. The highest BCUT2D eigenvalue weighted by Crippen LogP contribution is 2.31. The molecule has 25 heavy (non-hydrogen) atoms. The number of benzene rings is 2. The fraction of sp³-hybridized carbons (Fsp3) is 0.409. The molecule has 0 saturated carbocycles. The van der Waals surface area contributed by atoms with E-state index in [9.17, 15) is 15.0 Å². The largest absolute Gasteiger partial charge is 0.507 e. The molecular formula is C22H28O3. The minimum absolute atomic E-state index is 0.0145. The van der Waals surface area contributed by atoms with Crippen molar-refractivity contribution in [3.63, 3.8) is 0 Å². The van der Waals surface area contributed by atoms with Crippen LogP contribution in [0, 0.1) is 0 Å². The van der Waals surface area contributed by atoms with Crippen molar-refractivity contribution in [2.24, 2.45) is 0 Å². The van der Waals surface area contributed by atoms with Gasteiger partial charge in [-0.3, -0.25) is 0 Å². The number of hydrogen-bond donors (Lipinski definition) is 2. The Kier molecular flexibility index (Phi) is 7.52. The van der Waals surface area contributed by atoms with E-state index >= 15 is 0 Å². The average molecular weight is 340 g/mol. The normalized spacial score (nSPS) is 10.8. The van der Waals surface area contributed by atoms with Crippen molar-refractivity contribution in [2.45, 2.75) is 58.3 Å². The number of unbranched alkanes of at least 4 members (excludes halogenated alkanes) is 6. The van der Waals surface area contributed by atoms with Crippen LogP contribution in [0.3, 0.4) is 0 Å². The Morgan fingerprint density at radius 3 is 2.16 bits per heavy atom. The van der Waals surface area contributed by atoms with Gasteiger partial charge in [0.15, 0.2) is 0 Å². The van der Waals surface area contributed by atoms with E-state index in [0.29, 0.717) is 6.42 Å². The first-order valence-corrected chi connectivity index (χ1v) is 9.28. The number of carbonyl (C=O) groups is 1. The summed E-state index contributed by atoms with van der Waals surface area (Å²) in [7, 11) is 0. The number of carboxylic acid groups (broad SMARTS) is 1. The second kappa shape index (κ2) is 9.87. The van der Waals surface area contributed by atoms with Crippen LogP contribution in [0.1, 0.15) is 67.8 Å². The molecule has 0 fully saturated rings. The van der Waals surface area contributed by atoms with E-state index in [4.69, 9.17) is 0 Å². The minimum atomic E-state index is -1.09. The molecule has 2 rings (SSSR count). The van der Waals surface area contributed by atoms with Gasteiger partial charge < -0.3 is 10.2 Å². The van der Waals surface area contributed by atoms with Gasteiger partial charge in [-0.2, -0.15) is 0 Å². The summed E-state index contributed by atoms with van der Waals surface area (Å²) in [4.78, 5) is 11.5. The summed E-state index contributed by atoms with van der Waals surface area (Å²) in [6, 6.07) is 13.2. The number of aryl methyl sites for hydroxylation is 1. The molecule has 3 heteroatoms. The molecule has 0 amide bonds. The second-order valence-electron chi connectivity index (χ2n) is 6.57. The highest BCUT2D eigenvalue weighted by molar-refractivity contribution is 5.93. The predicted molar refractivity (Wildman–Crippen MR) is 102 cm³/mol. The van der Waals surface area contributed by atoms with E-state index in [2.05, 4.69) is 6.92 Å². The van der Waals surface area contributed by atoms with Gasteiger partial charge in [-0.15, -0.1) is 0 Å². The Morgan fingerprint density at radius 1 is 0.880 bits per heavy atom. The first-order chi connectivity index (χ1) is 12.1. The van der Waals surface area contributed by atoms with Crippen molar-refractivity contribution in [2.75, 3.05) is 0 Å². The molecule has 0 spiro atoms. The number of aromatic hydroxyl groups is 1. The smallest absolute Gasteiger partial charge is 0.339 e. The lowest BCUT2D eigenvalue weighted by molar-refractivity contribution is 0.0693. The Hall–Kier alpha value is -2.29. The molecule has 2 aromatic carbocycles. The first-order valence-electron chi connectivity index (χ1n) is 9.28. The third-order valence-corrected chi connectivity index (χ3v) is 4.58. The van der Waals surface area contributed by atoms with Crippen LogP contribution in [0.25, 0.3) is 11.1 Å². The lowest BCUT2D eigenvalue weighted by Crippen LogP contribution is -2.01. The Balaban J connectivity index is 2.08. The number of aromatic carboxylic acids is 1. The van der Waals surface area contributed by atoms with Gasteiger partial charge in [-0.25, -0.2) is 4.79 Å². The minimum Gasteiger partial charge on any atom is -0.507 e. The average Bonchev–Trinajstić information content (AvgIpc) is 2.62. The summed E-state index contributed by atoms with van der Waals surface area (Å²) in [5, 5.41) is 19.7. The van der Waals surface area contributed by atoms with Gasteiger partial charge >= 0.3 is 5.97 Å². The number of hydrogen-bond acceptors (Lipinski definition) is 2. The van der Waals surface area contributed by atoms with Crippen molar-refractivity contribution in [1.82, 2.24) is 0 Å². The molecule has 0 bridgehead atoms. The van der Waals surface area contributed by atoms with Gasteiger partial charge in [0.05, 0.1) is 0 Å². The summed E-state index contributed by atoms with van der Waals surface area (Å²) in [5.41, 5.74) is 2.52. The highest BCUT2D eigenvalue weighted by Gasteiger charge is 2.16. The van der Waals surface area contributed by atoms with E-state index in [0.717, 1.165) is 29.5 Å². The molecule has 2 N–H and O–H groups in total. The summed E-state index contributed by atoms with van der Waals surface area (Å²) < 4.78 is 0. The van der Waals surface area contributed by atoms with E-state index in [1.807, 2.05) is 36.4 Å². The van der Waals surface area contributed by atoms with Crippen LogP contribution in [0.5, 0.6) is 5.75 Å². The molecule has 0 unspecified atom stereocenters. The molecule has 0 atom stereocenters. The van der Waals surface area contributed by atoms with E-state index in [-0.39, 0.29) is 11.3 Å². The molecule has 0 heterocycles. The summed E-state index contributed by atoms with van der Waals surface area (Å²) in [6.07, 6.45) is 9.07. The summed E-state index contributed by atoms with van der Waals surface area (Å²) in [6.45, 7) is 2.21. The van der Waals surface area contributed by atoms with Crippen LogP contribution in [0.2, 0.25) is 0 Å². The van der Waals surface area contributed by atoms with E-state index in [1.54, 1.807) is 6.07 Å². The van der Waals surface area contributed by atoms with Crippen LogP contribution in [0.15, 0.2) is 42.5 Å². The number of phenols is 1. The molecular weight excluding hydrogens is 312 g/mol. The number of rotatable bonds is 10. The molecule has 2 aromatic rings. The molecule has 0 aromatic heterocycles. The molecule has 0 aliphatic carbocycles. The summed E-state index contributed by atoms with van der Waals surface area (Å²) >= 11 is 0. The zero-order valence-electron chi connectivity index (χ0n) is 15.0. The van der Waals surface area contributed by atoms with Gasteiger partial charge in [0.1, 0.15) is 11.3 Å². The van der Waals surface area contributed by atoms with Crippen molar-refractivity contribution >= 4 is 5.97 Å². The van der Waals surface area contributed by atoms with Crippen LogP contribution < -0.4 is 0 Å². The van der Waals surface area contributed by atoms with Gasteiger partial charge in [-0.05, 0) is 41.7 Å². The maximum absolute atomic E-state index is 11.5. The SMILES string of the molecule is CCCCCCCCCc1cc(-c2ccccc2)cc(C(=O)O)c1O. The highest BCUT2D eigenvalue weighted by atomic mass is 16.4. The monoisotopic (exact) mass is 340 g/mol. The van der Waals surface area contributed by atoms with Gasteiger partial charge in [-0.1, -0.05) is 75.8 Å². The Morgan fingerprint density at radius 2 is 1.52 bits per heavy atom. The fourth-order valence-corrected chi connectivity index (χ4v) is 3.12. The van der Waals surface area contributed by atoms with Gasteiger partial charge in [0.25, 0.3) is 0 Å². The molecule has 3 nitrogen and oxygen atoms in total. The van der Waals surface area contributed by atoms with Crippen molar-refractivity contribution < 1.29 is 15.0 Å². The van der Waals surface area contributed by atoms with Crippen LogP contribution in [0.4, 0.5) is 0 Å². The van der Waals surface area contributed by atoms with Crippen LogP contribution in [-0.2, 0) is 6.42 Å². The second-order valence-corrected chi connectivity index (χ2v) is 6.57. The first kappa shape index (κ1) is 19.0. The fourth-order valence-electron chi connectivity index (χ4n) is 3.12. The van der Waals surface area contributed by atoms with E-state index in [1.165, 1.54) is 32.1 Å². The van der Waals surface area contributed by atoms with Gasteiger partial charge in [0.2, 0.25) is 0 Å². The molecule has 0 radical (unpaired) electrons. The van der Waals surface area contributed by atoms with Gasteiger partial charge in [0, 0.05) is 0 Å². The lowest BCUT2D eigenvalue weighted by Gasteiger charge is -2.11. The zero-order valence-corrected chi connectivity index (χ0v) is 15.0. The third kappa shape index (κ3) is 5.63. The van der Waals surface area contributed by atoms with E-state index < -0.39 is 5.97 Å². The predicted octanol–water partition coefficient (Wildman–Crippen LogP) is 6.05. The standard InChI is InChI=1S/C22H28O3/c1-2-3-4-5-6-7-9-14-18-15-19(17-12-10-8-11-13-17)16-20(21(18)23)22(24)25/h8,10-13,15-16,23H,2-7,9,14H2,1H3,(H,24,25). The molecule has 134 valence electrons.